The molecular formula is C52H35N. The average molecular weight is 674 g/mol. The predicted octanol–water partition coefficient (Wildman–Crippen LogP) is 14.8. The lowest BCUT2D eigenvalue weighted by Crippen LogP contribution is -2.10. The van der Waals surface area contributed by atoms with Gasteiger partial charge in [0.25, 0.3) is 0 Å². The van der Waals surface area contributed by atoms with E-state index in [0.29, 0.717) is 0 Å². The summed E-state index contributed by atoms with van der Waals surface area (Å²) >= 11 is 0. The van der Waals surface area contributed by atoms with Crippen LogP contribution in [0.3, 0.4) is 0 Å². The molecule has 10 aromatic rings. The van der Waals surface area contributed by atoms with Gasteiger partial charge in [-0.15, -0.1) is 0 Å². The lowest BCUT2D eigenvalue weighted by molar-refractivity contribution is 1.28. The monoisotopic (exact) mass is 673 g/mol. The van der Waals surface area contributed by atoms with Gasteiger partial charge >= 0.3 is 0 Å². The van der Waals surface area contributed by atoms with Crippen LogP contribution in [0.5, 0.6) is 0 Å². The molecule has 0 radical (unpaired) electrons. The average Bonchev–Trinajstić information content (AvgIpc) is 3.24. The molecule has 0 saturated heterocycles. The highest BCUT2D eigenvalue weighted by Crippen LogP contribution is 2.41. The van der Waals surface area contributed by atoms with Crippen molar-refractivity contribution in [3.05, 3.63) is 212 Å². The van der Waals surface area contributed by atoms with E-state index in [1.54, 1.807) is 0 Å². The molecule has 0 N–H and O–H groups in total. The zero-order valence-corrected chi connectivity index (χ0v) is 29.2. The van der Waals surface area contributed by atoms with E-state index < -0.39 is 0 Å². The number of nitrogens with zero attached hydrogens (tertiary/aromatic N) is 1. The van der Waals surface area contributed by atoms with Crippen molar-refractivity contribution in [2.24, 2.45) is 0 Å². The molecular weight excluding hydrogens is 639 g/mol. The second kappa shape index (κ2) is 13.0. The molecule has 0 saturated carbocycles. The highest BCUT2D eigenvalue weighted by Gasteiger charge is 2.16. The number of rotatable bonds is 6. The lowest BCUT2D eigenvalue weighted by atomic mass is 9.93. The molecule has 10 aromatic carbocycles. The maximum Gasteiger partial charge on any atom is 0.0467 e. The van der Waals surface area contributed by atoms with Gasteiger partial charge in [-0.05, 0) is 131 Å². The van der Waals surface area contributed by atoms with Gasteiger partial charge in [0, 0.05) is 17.1 Å². The summed E-state index contributed by atoms with van der Waals surface area (Å²) in [5.74, 6) is 0. The Bertz CT molecular complexity index is 2820. The first-order chi connectivity index (χ1) is 26.2. The van der Waals surface area contributed by atoms with Gasteiger partial charge in [-0.25, -0.2) is 0 Å². The molecule has 0 aliphatic carbocycles. The summed E-state index contributed by atoms with van der Waals surface area (Å²) in [6.45, 7) is 0. The summed E-state index contributed by atoms with van der Waals surface area (Å²) in [4.78, 5) is 2.38. The summed E-state index contributed by atoms with van der Waals surface area (Å²) in [6.07, 6.45) is 0. The SMILES string of the molecule is c1cc(-c2cc3ccccc3c3ccccc23)cc(N(c2ccc(-c3ccc4ccccc4c3)cc2)c2ccc(-c3ccc4ccccc4c3)cc2)c1. The summed E-state index contributed by atoms with van der Waals surface area (Å²) < 4.78 is 0. The van der Waals surface area contributed by atoms with Gasteiger partial charge < -0.3 is 4.90 Å². The largest absolute Gasteiger partial charge is 0.310 e. The fraction of sp³-hybridized carbons (Fsp3) is 0. The van der Waals surface area contributed by atoms with Gasteiger partial charge in [0.05, 0.1) is 0 Å². The number of anilines is 3. The van der Waals surface area contributed by atoms with E-state index in [-0.39, 0.29) is 0 Å². The lowest BCUT2D eigenvalue weighted by Gasteiger charge is -2.26. The Morgan fingerprint density at radius 1 is 0.226 bits per heavy atom. The van der Waals surface area contributed by atoms with Gasteiger partial charge in [-0.2, -0.15) is 0 Å². The fourth-order valence-electron chi connectivity index (χ4n) is 7.90. The summed E-state index contributed by atoms with van der Waals surface area (Å²) in [5.41, 5.74) is 10.6. The molecule has 0 aliphatic rings. The number of fused-ring (bicyclic) bond motifs is 5. The molecule has 0 fully saturated rings. The molecule has 53 heavy (non-hydrogen) atoms. The third-order valence-corrected chi connectivity index (χ3v) is 10.6. The highest BCUT2D eigenvalue weighted by molar-refractivity contribution is 6.14. The second-order valence-corrected chi connectivity index (χ2v) is 13.8. The molecule has 248 valence electrons. The topological polar surface area (TPSA) is 3.24 Å². The molecule has 0 atom stereocenters. The smallest absolute Gasteiger partial charge is 0.0467 e. The van der Waals surface area contributed by atoms with Crippen LogP contribution in [-0.2, 0) is 0 Å². The van der Waals surface area contributed by atoms with Crippen LogP contribution in [0.15, 0.2) is 212 Å². The van der Waals surface area contributed by atoms with E-state index in [2.05, 4.69) is 217 Å². The van der Waals surface area contributed by atoms with E-state index in [1.807, 2.05) is 0 Å². The molecule has 0 unspecified atom stereocenters. The first-order valence-electron chi connectivity index (χ1n) is 18.2. The van der Waals surface area contributed by atoms with Crippen molar-refractivity contribution < 1.29 is 0 Å². The van der Waals surface area contributed by atoms with Crippen LogP contribution in [0.25, 0.3) is 76.5 Å². The molecule has 1 nitrogen and oxygen atoms in total. The maximum absolute atomic E-state index is 2.38. The van der Waals surface area contributed by atoms with Gasteiger partial charge in [0.1, 0.15) is 0 Å². The second-order valence-electron chi connectivity index (χ2n) is 13.8. The summed E-state index contributed by atoms with van der Waals surface area (Å²) in [6, 6.07) is 77.3. The van der Waals surface area contributed by atoms with E-state index >= 15 is 0 Å². The van der Waals surface area contributed by atoms with Crippen molar-refractivity contribution in [2.45, 2.75) is 0 Å². The first kappa shape index (κ1) is 30.8. The van der Waals surface area contributed by atoms with Crippen LogP contribution in [0.4, 0.5) is 17.1 Å². The molecule has 10 rings (SSSR count). The van der Waals surface area contributed by atoms with Crippen LogP contribution in [0.1, 0.15) is 0 Å². The quantitative estimate of drug-likeness (QED) is 0.159. The van der Waals surface area contributed by atoms with Crippen LogP contribution < -0.4 is 4.90 Å². The number of hydrogen-bond acceptors (Lipinski definition) is 1. The predicted molar refractivity (Wildman–Crippen MR) is 227 cm³/mol. The molecule has 0 spiro atoms. The summed E-state index contributed by atoms with van der Waals surface area (Å²) in [7, 11) is 0. The Kier molecular flexibility index (Phi) is 7.55. The Morgan fingerprint density at radius 3 is 1.28 bits per heavy atom. The van der Waals surface area contributed by atoms with E-state index in [9.17, 15) is 0 Å². The van der Waals surface area contributed by atoms with Crippen molar-refractivity contribution in [3.8, 4) is 33.4 Å². The number of hydrogen-bond donors (Lipinski definition) is 0. The first-order valence-corrected chi connectivity index (χ1v) is 18.2. The maximum atomic E-state index is 2.38. The fourth-order valence-corrected chi connectivity index (χ4v) is 7.90. The van der Waals surface area contributed by atoms with Crippen molar-refractivity contribution >= 4 is 60.2 Å². The molecule has 0 aromatic heterocycles. The third kappa shape index (κ3) is 5.69. The molecule has 1 heteroatoms. The van der Waals surface area contributed by atoms with E-state index in [1.165, 1.54) is 76.5 Å². The normalized spacial score (nSPS) is 11.4. The molecule has 0 bridgehead atoms. The van der Waals surface area contributed by atoms with E-state index in [4.69, 9.17) is 0 Å². The Labute approximate surface area is 309 Å². The number of benzene rings is 10. The molecule has 0 amide bonds. The van der Waals surface area contributed by atoms with Gasteiger partial charge in [-0.3, -0.25) is 0 Å². The molecule has 0 heterocycles. The molecule has 0 aliphatic heterocycles. The minimum absolute atomic E-state index is 1.11. The standard InChI is InChI=1S/C52H35N/c1-3-12-40-32-42(22-20-36(40)10-1)38-24-28-46(29-25-38)53(47-30-26-39(27-31-47)43-23-21-37-11-2-4-13-41(37)33-43)48-16-9-15-44(34-48)52-35-45-14-5-6-17-49(45)50-18-7-8-19-51(50)52/h1-35H. The van der Waals surface area contributed by atoms with Crippen molar-refractivity contribution in [1.82, 2.24) is 0 Å². The minimum Gasteiger partial charge on any atom is -0.310 e. The van der Waals surface area contributed by atoms with Crippen LogP contribution >= 0.6 is 0 Å². The van der Waals surface area contributed by atoms with Crippen LogP contribution in [-0.4, -0.2) is 0 Å². The highest BCUT2D eigenvalue weighted by atomic mass is 15.1. The summed E-state index contributed by atoms with van der Waals surface area (Å²) in [5, 5.41) is 10.1. The Balaban J connectivity index is 1.09. The zero-order valence-electron chi connectivity index (χ0n) is 29.2. The Morgan fingerprint density at radius 2 is 0.698 bits per heavy atom. The van der Waals surface area contributed by atoms with E-state index in [0.717, 1.165) is 17.1 Å². The van der Waals surface area contributed by atoms with Crippen molar-refractivity contribution in [1.29, 1.82) is 0 Å². The van der Waals surface area contributed by atoms with Gasteiger partial charge in [0.2, 0.25) is 0 Å². The van der Waals surface area contributed by atoms with Crippen LogP contribution in [0, 0.1) is 0 Å². The van der Waals surface area contributed by atoms with Crippen molar-refractivity contribution in [3.63, 3.8) is 0 Å². The van der Waals surface area contributed by atoms with Gasteiger partial charge in [-0.1, -0.05) is 158 Å². The third-order valence-electron chi connectivity index (χ3n) is 10.6. The minimum atomic E-state index is 1.11. The van der Waals surface area contributed by atoms with Crippen molar-refractivity contribution in [2.75, 3.05) is 4.90 Å². The Hall–Kier alpha value is -6.96. The zero-order chi connectivity index (χ0) is 35.1. The van der Waals surface area contributed by atoms with Crippen LogP contribution in [0.2, 0.25) is 0 Å². The van der Waals surface area contributed by atoms with Gasteiger partial charge in [0.15, 0.2) is 0 Å².